The van der Waals surface area contributed by atoms with Crippen LogP contribution in [0.3, 0.4) is 0 Å². The van der Waals surface area contributed by atoms with Crippen molar-refractivity contribution in [3.8, 4) is 12.0 Å². The van der Waals surface area contributed by atoms with Crippen molar-refractivity contribution in [1.82, 2.24) is 9.91 Å². The molecule has 0 heterocycles. The van der Waals surface area contributed by atoms with Gasteiger partial charge in [-0.05, 0) is 41.8 Å². The highest BCUT2D eigenvalue weighted by molar-refractivity contribution is 4.97. The third-order valence-electron chi connectivity index (χ3n) is 1.73. The number of hydrogen-bond donors (Lipinski definition) is 0. The van der Waals surface area contributed by atoms with Gasteiger partial charge in [0.05, 0.1) is 12.6 Å². The molecule has 86 valence electrons. The molecule has 0 aliphatic heterocycles. The first-order valence-corrected chi connectivity index (χ1v) is 5.26. The predicted octanol–water partition coefficient (Wildman–Crippen LogP) is 1.99. The van der Waals surface area contributed by atoms with Gasteiger partial charge in [-0.15, -0.1) is 0 Å². The second-order valence-electron chi connectivity index (χ2n) is 4.28. The molecule has 0 saturated heterocycles. The third-order valence-corrected chi connectivity index (χ3v) is 1.73. The molecule has 0 unspecified atom stereocenters. The molecule has 0 rings (SSSR count). The van der Waals surface area contributed by atoms with Gasteiger partial charge in [0.1, 0.15) is 0 Å². The van der Waals surface area contributed by atoms with Crippen LogP contribution >= 0.6 is 0 Å². The van der Waals surface area contributed by atoms with Crippen molar-refractivity contribution in [3.63, 3.8) is 0 Å². The molecule has 0 fully saturated rings. The van der Waals surface area contributed by atoms with Gasteiger partial charge < -0.3 is 0 Å². The fourth-order valence-corrected chi connectivity index (χ4v) is 1.11. The van der Waals surface area contributed by atoms with Crippen molar-refractivity contribution >= 4 is 0 Å². The lowest BCUT2D eigenvalue weighted by atomic mass is 10.3. The van der Waals surface area contributed by atoms with E-state index in [-0.39, 0.29) is 0 Å². The Bertz CT molecular complexity index is 237. The second-order valence-corrected chi connectivity index (χ2v) is 4.28. The van der Waals surface area contributed by atoms with E-state index in [4.69, 9.17) is 0 Å². The van der Waals surface area contributed by atoms with E-state index in [0.717, 1.165) is 0 Å². The minimum absolute atomic E-state index is 0.351. The molecule has 0 radical (unpaired) electrons. The van der Waals surface area contributed by atoms with E-state index in [2.05, 4.69) is 50.0 Å². The first kappa shape index (κ1) is 13.9. The summed E-state index contributed by atoms with van der Waals surface area (Å²) in [6.07, 6.45) is 0. The van der Waals surface area contributed by atoms with Gasteiger partial charge in [0.25, 0.3) is 0 Å². The van der Waals surface area contributed by atoms with E-state index in [1.807, 2.05) is 24.0 Å². The van der Waals surface area contributed by atoms with Crippen molar-refractivity contribution in [1.29, 1.82) is 0 Å². The fourth-order valence-electron chi connectivity index (χ4n) is 1.11. The monoisotopic (exact) mass is 210 g/mol. The average Bonchev–Trinajstić information content (AvgIpc) is 2.08. The zero-order valence-electron chi connectivity index (χ0n) is 10.7. The summed E-state index contributed by atoms with van der Waals surface area (Å²) in [6.45, 7) is 9.07. The lowest BCUT2D eigenvalue weighted by Gasteiger charge is -2.25. The predicted molar refractivity (Wildman–Crippen MR) is 63.3 cm³/mol. The van der Waals surface area contributed by atoms with E-state index < -0.39 is 0 Å². The van der Waals surface area contributed by atoms with Crippen molar-refractivity contribution in [2.24, 2.45) is 10.3 Å². The van der Waals surface area contributed by atoms with Crippen LogP contribution in [0.15, 0.2) is 10.3 Å². The summed E-state index contributed by atoms with van der Waals surface area (Å²) in [7, 11) is 3.95. The van der Waals surface area contributed by atoms with Crippen LogP contribution in [-0.2, 0) is 0 Å². The van der Waals surface area contributed by atoms with Crippen LogP contribution in [0.5, 0.6) is 0 Å². The second kappa shape index (κ2) is 7.24. The first-order chi connectivity index (χ1) is 6.95. The highest BCUT2D eigenvalue weighted by atomic mass is 15.6. The van der Waals surface area contributed by atoms with Crippen LogP contribution in [0, 0.1) is 12.0 Å². The lowest BCUT2D eigenvalue weighted by Crippen LogP contribution is -2.31. The zero-order valence-corrected chi connectivity index (χ0v) is 10.7. The van der Waals surface area contributed by atoms with Crippen LogP contribution in [0.1, 0.15) is 27.7 Å². The largest absolute Gasteiger partial charge is 0.298 e. The van der Waals surface area contributed by atoms with Gasteiger partial charge in [-0.25, -0.2) is 0 Å². The maximum Gasteiger partial charge on any atom is 0.0616 e. The van der Waals surface area contributed by atoms with Crippen LogP contribution in [0.4, 0.5) is 0 Å². The lowest BCUT2D eigenvalue weighted by molar-refractivity contribution is 0.170. The standard InChI is InChI=1S/C11H22N4/c1-10(2)15(11(3)4)13-12-8-7-9-14(5)6/h10-11H,9H2,1-6H3. The van der Waals surface area contributed by atoms with Crippen LogP contribution in [0.2, 0.25) is 0 Å². The summed E-state index contributed by atoms with van der Waals surface area (Å²) in [5.41, 5.74) is 0. The van der Waals surface area contributed by atoms with Crippen molar-refractivity contribution in [3.05, 3.63) is 0 Å². The minimum Gasteiger partial charge on any atom is -0.298 e. The molecule has 15 heavy (non-hydrogen) atoms. The van der Waals surface area contributed by atoms with Crippen LogP contribution in [-0.4, -0.2) is 42.6 Å². The van der Waals surface area contributed by atoms with Gasteiger partial charge in [0, 0.05) is 12.1 Å². The Morgan fingerprint density at radius 3 is 2.00 bits per heavy atom. The molecule has 0 aromatic heterocycles. The Hall–Kier alpha value is -1.08. The molecular formula is C11H22N4. The van der Waals surface area contributed by atoms with E-state index in [9.17, 15) is 0 Å². The van der Waals surface area contributed by atoms with Crippen molar-refractivity contribution < 1.29 is 0 Å². The SMILES string of the molecule is CC(C)N(N=NC#CCN(C)C)C(C)C. The summed E-state index contributed by atoms with van der Waals surface area (Å²) in [6, 6.07) is 3.38. The molecule has 0 atom stereocenters. The van der Waals surface area contributed by atoms with Crippen LogP contribution in [0.25, 0.3) is 0 Å². The van der Waals surface area contributed by atoms with Gasteiger partial charge >= 0.3 is 0 Å². The van der Waals surface area contributed by atoms with Gasteiger partial charge in [0.15, 0.2) is 0 Å². The Morgan fingerprint density at radius 2 is 1.60 bits per heavy atom. The maximum absolute atomic E-state index is 4.09. The summed E-state index contributed by atoms with van der Waals surface area (Å²) < 4.78 is 0. The highest BCUT2D eigenvalue weighted by Gasteiger charge is 2.09. The van der Waals surface area contributed by atoms with E-state index in [1.54, 1.807) is 0 Å². The maximum atomic E-state index is 4.09. The number of hydrogen-bond acceptors (Lipinski definition) is 3. The fraction of sp³-hybridized carbons (Fsp3) is 0.818. The molecule has 4 nitrogen and oxygen atoms in total. The highest BCUT2D eigenvalue weighted by Crippen LogP contribution is 2.05. The minimum atomic E-state index is 0.351. The molecule has 4 heteroatoms. The Kier molecular flexibility index (Phi) is 6.72. The third kappa shape index (κ3) is 6.92. The molecule has 0 N–H and O–H groups in total. The first-order valence-electron chi connectivity index (χ1n) is 5.26. The van der Waals surface area contributed by atoms with E-state index in [1.165, 1.54) is 0 Å². The van der Waals surface area contributed by atoms with Gasteiger partial charge in [0.2, 0.25) is 0 Å². The Morgan fingerprint density at radius 1 is 1.07 bits per heavy atom. The summed E-state index contributed by atoms with van der Waals surface area (Å²) in [5, 5.41) is 9.87. The summed E-state index contributed by atoms with van der Waals surface area (Å²) in [4.78, 5) is 1.99. The number of rotatable bonds is 4. The van der Waals surface area contributed by atoms with Crippen molar-refractivity contribution in [2.75, 3.05) is 20.6 Å². The molecule has 0 amide bonds. The van der Waals surface area contributed by atoms with Crippen molar-refractivity contribution in [2.45, 2.75) is 39.8 Å². The molecule has 0 aliphatic rings. The smallest absolute Gasteiger partial charge is 0.0616 e. The molecule has 0 aromatic rings. The summed E-state index contributed by atoms with van der Waals surface area (Å²) in [5.74, 6) is 2.91. The molecule has 0 bridgehead atoms. The molecular weight excluding hydrogens is 188 g/mol. The van der Waals surface area contributed by atoms with E-state index in [0.29, 0.717) is 18.6 Å². The molecule has 0 aliphatic carbocycles. The van der Waals surface area contributed by atoms with E-state index >= 15 is 0 Å². The van der Waals surface area contributed by atoms with Gasteiger partial charge in [-0.2, -0.15) is 0 Å². The number of nitrogens with zero attached hydrogens (tertiary/aromatic N) is 4. The molecule has 0 saturated carbocycles. The average molecular weight is 210 g/mol. The Balaban J connectivity index is 4.15. The summed E-state index contributed by atoms with van der Waals surface area (Å²) >= 11 is 0. The normalized spacial score (nSPS) is 11.3. The van der Waals surface area contributed by atoms with Crippen LogP contribution < -0.4 is 0 Å². The molecule has 0 aromatic carbocycles. The van der Waals surface area contributed by atoms with Gasteiger partial charge in [-0.3, -0.25) is 9.91 Å². The van der Waals surface area contributed by atoms with Gasteiger partial charge in [-0.1, -0.05) is 16.3 Å². The zero-order chi connectivity index (χ0) is 11.8. The topological polar surface area (TPSA) is 31.2 Å². The quantitative estimate of drug-likeness (QED) is 0.404. The molecule has 0 spiro atoms. The Labute approximate surface area is 93.3 Å².